The summed E-state index contributed by atoms with van der Waals surface area (Å²) in [5.74, 6) is -0.790. The number of H-pyrrole nitrogens is 1. The molecule has 1 aromatic heterocycles. The van der Waals surface area contributed by atoms with Crippen LogP contribution in [0.4, 0.5) is 4.79 Å². The number of carboxylic acids is 1. The number of carbonyl (C=O) groups is 4. The quantitative estimate of drug-likeness (QED) is 0.216. The van der Waals surface area contributed by atoms with E-state index in [4.69, 9.17) is 4.74 Å². The third-order valence-electron chi connectivity index (χ3n) is 9.05. The lowest BCUT2D eigenvalue weighted by Gasteiger charge is -2.49. The summed E-state index contributed by atoms with van der Waals surface area (Å²) in [7, 11) is 0. The minimum atomic E-state index is -1.37. The number of hydrogen-bond acceptors (Lipinski definition) is 5. The topological polar surface area (TPSA) is 117 Å². The van der Waals surface area contributed by atoms with Gasteiger partial charge in [-0.3, -0.25) is 14.5 Å². The number of ether oxygens (including phenoxy) is 1. The molecule has 1 aliphatic carbocycles. The highest BCUT2D eigenvalue weighted by Gasteiger charge is 2.54. The van der Waals surface area contributed by atoms with Gasteiger partial charge in [0, 0.05) is 34.1 Å². The van der Waals surface area contributed by atoms with Crippen molar-refractivity contribution in [2.24, 2.45) is 5.92 Å². The summed E-state index contributed by atoms with van der Waals surface area (Å²) in [4.78, 5) is 52.1. The number of rotatable bonds is 5. The zero-order chi connectivity index (χ0) is 33.1. The number of nitrogens with one attached hydrogen (secondary N) is 1. The summed E-state index contributed by atoms with van der Waals surface area (Å²) in [6.45, 7) is 7.12. The monoisotopic (exact) mass is 622 g/mol. The molecule has 0 unspecified atom stereocenters. The smallest absolute Gasteiger partial charge is 0.411 e. The van der Waals surface area contributed by atoms with E-state index in [0.717, 1.165) is 71.5 Å². The molecule has 240 valence electrons. The van der Waals surface area contributed by atoms with Crippen LogP contribution in [0.15, 0.2) is 72.8 Å². The molecule has 0 spiro atoms. The number of carbonyl (C=O) groups excluding carboxylic acids is 3. The number of amides is 1. The van der Waals surface area contributed by atoms with Crippen LogP contribution >= 0.6 is 0 Å². The third kappa shape index (κ3) is 6.76. The summed E-state index contributed by atoms with van der Waals surface area (Å²) in [6.07, 6.45) is 6.69. The Bertz CT molecular complexity index is 1660. The summed E-state index contributed by atoms with van der Waals surface area (Å²) < 4.78 is 5.74. The van der Waals surface area contributed by atoms with Gasteiger partial charge in [-0.05, 0) is 69.2 Å². The fraction of sp³-hybridized carbons (Fsp3) is 0.368. The first-order valence-electron chi connectivity index (χ1n) is 15.9. The third-order valence-corrected chi connectivity index (χ3v) is 9.05. The van der Waals surface area contributed by atoms with Crippen molar-refractivity contribution in [3.05, 3.63) is 95.2 Å². The lowest BCUT2D eigenvalue weighted by Crippen LogP contribution is -2.62. The van der Waals surface area contributed by atoms with E-state index >= 15 is 0 Å². The van der Waals surface area contributed by atoms with Gasteiger partial charge in [0.1, 0.15) is 23.7 Å². The Labute approximate surface area is 269 Å². The van der Waals surface area contributed by atoms with Crippen LogP contribution in [0.5, 0.6) is 0 Å². The van der Waals surface area contributed by atoms with Crippen LogP contribution in [-0.2, 0) is 16.0 Å². The molecule has 2 N–H and O–H groups in total. The normalized spacial score (nSPS) is 19.8. The maximum absolute atomic E-state index is 13.4. The van der Waals surface area contributed by atoms with Crippen molar-refractivity contribution >= 4 is 35.5 Å². The van der Waals surface area contributed by atoms with Crippen LogP contribution in [0.25, 0.3) is 22.0 Å². The number of aliphatic carboxylic acids is 1. The van der Waals surface area contributed by atoms with Gasteiger partial charge < -0.3 is 14.8 Å². The van der Waals surface area contributed by atoms with Gasteiger partial charge in [-0.2, -0.15) is 0 Å². The summed E-state index contributed by atoms with van der Waals surface area (Å²) >= 11 is 0. The first kappa shape index (κ1) is 32.7. The van der Waals surface area contributed by atoms with Gasteiger partial charge in [0.25, 0.3) is 0 Å². The van der Waals surface area contributed by atoms with Crippen molar-refractivity contribution in [1.82, 2.24) is 9.88 Å². The molecule has 8 nitrogen and oxygen atoms in total. The molecule has 1 amide bonds. The van der Waals surface area contributed by atoms with Gasteiger partial charge in [-0.15, -0.1) is 0 Å². The number of nitrogens with zero attached hydrogens (tertiary/aromatic N) is 1. The number of para-hydroxylation sites is 1. The van der Waals surface area contributed by atoms with E-state index < -0.39 is 23.2 Å². The second-order valence-corrected chi connectivity index (χ2v) is 13.5. The summed E-state index contributed by atoms with van der Waals surface area (Å²) in [5.41, 5.74) is 4.30. The Kier molecular flexibility index (Phi) is 9.47. The Morgan fingerprint density at radius 1 is 0.870 bits per heavy atom. The van der Waals surface area contributed by atoms with Gasteiger partial charge in [-0.1, -0.05) is 86.0 Å². The molecule has 6 rings (SSSR count). The van der Waals surface area contributed by atoms with Gasteiger partial charge in [0.05, 0.1) is 6.04 Å². The highest BCUT2D eigenvalue weighted by atomic mass is 16.6. The second-order valence-electron chi connectivity index (χ2n) is 13.5. The number of aromatic nitrogens is 1. The highest BCUT2D eigenvalue weighted by molar-refractivity contribution is 5.91. The molecule has 3 aromatic carbocycles. The zero-order valence-corrected chi connectivity index (χ0v) is 26.9. The first-order valence-corrected chi connectivity index (χ1v) is 15.9. The van der Waals surface area contributed by atoms with Crippen molar-refractivity contribution in [2.75, 3.05) is 0 Å². The maximum Gasteiger partial charge on any atom is 0.411 e. The number of carboxylic acid groups (broad SMARTS) is 1. The van der Waals surface area contributed by atoms with E-state index in [1.54, 1.807) is 31.2 Å². The lowest BCUT2D eigenvalue weighted by molar-refractivity contribution is -0.154. The largest absolute Gasteiger partial charge is 0.479 e. The predicted molar refractivity (Wildman–Crippen MR) is 178 cm³/mol. The molecule has 4 aromatic rings. The van der Waals surface area contributed by atoms with E-state index in [-0.39, 0.29) is 18.4 Å². The van der Waals surface area contributed by atoms with Crippen LogP contribution in [0.2, 0.25) is 0 Å². The minimum Gasteiger partial charge on any atom is -0.479 e. The molecule has 2 atom stereocenters. The molecule has 0 radical (unpaired) electrons. The van der Waals surface area contributed by atoms with Gasteiger partial charge in [-0.25, -0.2) is 9.59 Å². The fourth-order valence-electron chi connectivity index (χ4n) is 6.74. The van der Waals surface area contributed by atoms with Crippen LogP contribution in [0, 0.1) is 5.92 Å². The Morgan fingerprint density at radius 2 is 1.41 bits per heavy atom. The first-order chi connectivity index (χ1) is 21.9. The number of fused-ring (bicyclic) bond motifs is 3. The van der Waals surface area contributed by atoms with Crippen LogP contribution in [0.3, 0.4) is 0 Å². The average molecular weight is 623 g/mol. The molecule has 1 aliphatic heterocycles. The molecule has 2 heterocycles. The molecule has 0 bridgehead atoms. The molecular weight excluding hydrogens is 580 g/mol. The highest BCUT2D eigenvalue weighted by Crippen LogP contribution is 2.49. The van der Waals surface area contributed by atoms with Gasteiger partial charge in [0.2, 0.25) is 0 Å². The van der Waals surface area contributed by atoms with Crippen LogP contribution in [-0.4, -0.2) is 50.8 Å². The van der Waals surface area contributed by atoms with E-state index in [0.29, 0.717) is 11.1 Å². The van der Waals surface area contributed by atoms with E-state index in [9.17, 15) is 24.3 Å². The van der Waals surface area contributed by atoms with E-state index in [1.165, 1.54) is 11.3 Å². The Balaban J connectivity index is 0.000000219. The Morgan fingerprint density at radius 3 is 1.91 bits per heavy atom. The number of benzene rings is 3. The average Bonchev–Trinajstić information content (AvgIpc) is 3.42. The lowest BCUT2D eigenvalue weighted by atomic mass is 9.74. The summed E-state index contributed by atoms with van der Waals surface area (Å²) in [6, 6.07) is 22.3. The summed E-state index contributed by atoms with van der Waals surface area (Å²) in [5, 5.41) is 11.4. The van der Waals surface area contributed by atoms with Gasteiger partial charge >= 0.3 is 12.1 Å². The second kappa shape index (κ2) is 13.3. The predicted octanol–water partition coefficient (Wildman–Crippen LogP) is 8.40. The molecule has 1 fully saturated rings. The van der Waals surface area contributed by atoms with Crippen molar-refractivity contribution in [3.8, 4) is 11.1 Å². The molecule has 8 heteroatoms. The Hall–Kier alpha value is -4.72. The minimum absolute atomic E-state index is 0.206. The van der Waals surface area contributed by atoms with Crippen molar-refractivity contribution in [3.63, 3.8) is 0 Å². The molecule has 1 saturated carbocycles. The molecular formula is C38H42N2O6. The molecule has 0 saturated heterocycles. The fourth-order valence-corrected chi connectivity index (χ4v) is 6.74. The van der Waals surface area contributed by atoms with E-state index in [2.05, 4.69) is 4.98 Å². The molecule has 2 aliphatic rings. The zero-order valence-electron chi connectivity index (χ0n) is 26.9. The van der Waals surface area contributed by atoms with Crippen LogP contribution < -0.4 is 0 Å². The van der Waals surface area contributed by atoms with Gasteiger partial charge in [0.15, 0.2) is 0 Å². The number of aromatic amines is 1. The number of hydrogen-bond donors (Lipinski definition) is 2. The van der Waals surface area contributed by atoms with Crippen molar-refractivity contribution < 1.29 is 29.0 Å². The van der Waals surface area contributed by atoms with Crippen molar-refractivity contribution in [2.45, 2.75) is 83.4 Å². The SMILES string of the molecule is CC(C)(C)OC(=O)N1[C@H](C2CCCCC2)c2[nH]c3ccccc3c2C[C@]1(C)C(=O)O.O=Cc1ccc(-c2ccc(C=O)cc2)cc1. The maximum atomic E-state index is 13.4. The number of aldehydes is 2. The van der Waals surface area contributed by atoms with Crippen LogP contribution in [0.1, 0.15) is 97.8 Å². The standard InChI is InChI=1S/C24H32N2O4.C14H10O2/c1-23(2,3)30-22(29)26-20(15-10-6-5-7-11-15)19-17(14-24(26,4)21(27)28)16-12-8-9-13-18(16)25-19;15-9-11-1-5-13(6-2-11)14-7-3-12(10-16)4-8-14/h8-9,12-13,15,20,25H,5-7,10-11,14H2,1-4H3,(H,27,28);1-10H/t20-,24-;/m1./s1. The van der Waals surface area contributed by atoms with E-state index in [1.807, 2.05) is 69.3 Å². The molecule has 46 heavy (non-hydrogen) atoms. The van der Waals surface area contributed by atoms with Crippen molar-refractivity contribution in [1.29, 1.82) is 0 Å².